The molecule has 4 rings (SSSR count). The van der Waals surface area contributed by atoms with Crippen LogP contribution in [0, 0.1) is 0 Å². The molecule has 9 nitrogen and oxygen atoms in total. The zero-order valence-electron chi connectivity index (χ0n) is 25.2. The van der Waals surface area contributed by atoms with Gasteiger partial charge in [-0.15, -0.1) is 0 Å². The average Bonchev–Trinajstić information content (AvgIpc) is 3.00. The fraction of sp³-hybridized carbons (Fsp3) is 0.375. The van der Waals surface area contributed by atoms with Gasteiger partial charge in [0.25, 0.3) is 0 Å². The van der Waals surface area contributed by atoms with Crippen molar-refractivity contribution in [2.24, 2.45) is 0 Å². The predicted octanol–water partition coefficient (Wildman–Crippen LogP) is 4.73. The lowest BCUT2D eigenvalue weighted by Crippen LogP contribution is -2.56. The minimum absolute atomic E-state index is 0.0561. The van der Waals surface area contributed by atoms with E-state index in [9.17, 15) is 36.3 Å². The van der Waals surface area contributed by atoms with Crippen molar-refractivity contribution in [3.05, 3.63) is 89.5 Å². The zero-order chi connectivity index (χ0) is 32.9. The Kier molecular flexibility index (Phi) is 10.6. The van der Waals surface area contributed by atoms with E-state index >= 15 is 0 Å². The summed E-state index contributed by atoms with van der Waals surface area (Å²) in [5.74, 6) is -1.27. The summed E-state index contributed by atoms with van der Waals surface area (Å²) >= 11 is 0. The Labute approximate surface area is 261 Å². The second kappa shape index (κ2) is 14.0. The quantitative estimate of drug-likeness (QED) is 0.293. The third kappa shape index (κ3) is 8.41. The SMILES string of the molecule is CC(O)c1ccc(C[C@H](NC(=O)C2CCCCN2S(=O)(=O)c2cccc(C(F)(F)F)c2)C(=O)Nc2ccc(N(C)C)cc2)cc1. The molecule has 1 saturated heterocycles. The molecule has 13 heteroatoms. The molecule has 0 aromatic heterocycles. The summed E-state index contributed by atoms with van der Waals surface area (Å²) in [6.07, 6.45) is -4.31. The van der Waals surface area contributed by atoms with Crippen molar-refractivity contribution < 1.29 is 36.3 Å². The second-order valence-corrected chi connectivity index (χ2v) is 13.2. The summed E-state index contributed by atoms with van der Waals surface area (Å²) in [7, 11) is -0.725. The van der Waals surface area contributed by atoms with Crippen molar-refractivity contribution >= 4 is 33.2 Å². The molecular weight excluding hydrogens is 609 g/mol. The van der Waals surface area contributed by atoms with Crippen LogP contribution in [0.3, 0.4) is 0 Å². The minimum atomic E-state index is -4.75. The number of sulfonamides is 1. The Balaban J connectivity index is 1.60. The fourth-order valence-electron chi connectivity index (χ4n) is 5.14. The van der Waals surface area contributed by atoms with E-state index in [-0.39, 0.29) is 19.4 Å². The number of hydrogen-bond donors (Lipinski definition) is 3. The highest BCUT2D eigenvalue weighted by Crippen LogP contribution is 2.32. The van der Waals surface area contributed by atoms with Crippen LogP contribution in [0.1, 0.15) is 49.0 Å². The molecule has 0 saturated carbocycles. The largest absolute Gasteiger partial charge is 0.416 e. The maximum absolute atomic E-state index is 13.7. The van der Waals surface area contributed by atoms with E-state index in [0.717, 1.165) is 28.2 Å². The molecule has 2 unspecified atom stereocenters. The number of halogens is 3. The van der Waals surface area contributed by atoms with Crippen molar-refractivity contribution in [2.45, 2.75) is 61.9 Å². The van der Waals surface area contributed by atoms with Gasteiger partial charge in [0.05, 0.1) is 16.6 Å². The number of alkyl halides is 3. The molecule has 0 bridgehead atoms. The molecule has 2 amide bonds. The molecule has 242 valence electrons. The summed E-state index contributed by atoms with van der Waals surface area (Å²) in [4.78, 5) is 28.6. The van der Waals surface area contributed by atoms with Gasteiger partial charge in [0.1, 0.15) is 12.1 Å². The summed E-state index contributed by atoms with van der Waals surface area (Å²) in [5.41, 5.74) is 1.64. The Morgan fingerprint density at radius 3 is 2.29 bits per heavy atom. The van der Waals surface area contributed by atoms with Crippen LogP contribution in [-0.4, -0.2) is 62.4 Å². The van der Waals surface area contributed by atoms with Crippen molar-refractivity contribution in [3.8, 4) is 0 Å². The van der Waals surface area contributed by atoms with Crippen molar-refractivity contribution in [1.29, 1.82) is 0 Å². The third-order valence-electron chi connectivity index (χ3n) is 7.71. The van der Waals surface area contributed by atoms with Crippen LogP contribution in [0.15, 0.2) is 77.7 Å². The summed E-state index contributed by atoms with van der Waals surface area (Å²) in [5, 5.41) is 15.4. The molecule has 0 radical (unpaired) electrons. The number of nitrogens with one attached hydrogen (secondary N) is 2. The van der Waals surface area contributed by atoms with Crippen LogP contribution in [0.5, 0.6) is 0 Å². The molecule has 3 atom stereocenters. The number of piperidine rings is 1. The first-order valence-corrected chi connectivity index (χ1v) is 16.0. The van der Waals surface area contributed by atoms with Gasteiger partial charge in [-0.05, 0) is 73.4 Å². The third-order valence-corrected chi connectivity index (χ3v) is 9.61. The minimum Gasteiger partial charge on any atom is -0.389 e. The lowest BCUT2D eigenvalue weighted by atomic mass is 10.00. The first-order chi connectivity index (χ1) is 21.2. The number of amides is 2. The normalized spacial score (nSPS) is 17.3. The number of aliphatic hydroxyl groups is 1. The average molecular weight is 647 g/mol. The van der Waals surface area contributed by atoms with Crippen LogP contribution >= 0.6 is 0 Å². The summed E-state index contributed by atoms with van der Waals surface area (Å²) in [6.45, 7) is 1.56. The van der Waals surface area contributed by atoms with Gasteiger partial charge >= 0.3 is 6.18 Å². The van der Waals surface area contributed by atoms with Crippen molar-refractivity contribution in [3.63, 3.8) is 0 Å². The highest BCUT2D eigenvalue weighted by atomic mass is 32.2. The van der Waals surface area contributed by atoms with Crippen LogP contribution in [-0.2, 0) is 32.2 Å². The van der Waals surface area contributed by atoms with Crippen LogP contribution in [0.25, 0.3) is 0 Å². The fourth-order valence-corrected chi connectivity index (χ4v) is 6.84. The van der Waals surface area contributed by atoms with Crippen molar-refractivity contribution in [1.82, 2.24) is 9.62 Å². The van der Waals surface area contributed by atoms with E-state index in [0.29, 0.717) is 35.7 Å². The van der Waals surface area contributed by atoms with Crippen LogP contribution < -0.4 is 15.5 Å². The molecule has 3 aromatic rings. The first kappa shape index (κ1) is 33.9. The van der Waals surface area contributed by atoms with Crippen molar-refractivity contribution in [2.75, 3.05) is 30.9 Å². The summed E-state index contributed by atoms with van der Waals surface area (Å²) < 4.78 is 68.1. The van der Waals surface area contributed by atoms with E-state index in [1.54, 1.807) is 43.3 Å². The molecular formula is C32H37F3N4O5S. The van der Waals surface area contributed by atoms with Gasteiger partial charge in [-0.25, -0.2) is 8.42 Å². The molecule has 3 N–H and O–H groups in total. The predicted molar refractivity (Wildman–Crippen MR) is 165 cm³/mol. The lowest BCUT2D eigenvalue weighted by molar-refractivity contribution is -0.137. The number of anilines is 2. The number of rotatable bonds is 10. The molecule has 1 aliphatic rings. The first-order valence-electron chi connectivity index (χ1n) is 14.5. The number of aliphatic hydroxyl groups excluding tert-OH is 1. The highest BCUT2D eigenvalue weighted by molar-refractivity contribution is 7.89. The smallest absolute Gasteiger partial charge is 0.389 e. The molecule has 1 heterocycles. The number of nitrogens with zero attached hydrogens (tertiary/aromatic N) is 2. The van der Waals surface area contributed by atoms with E-state index in [2.05, 4.69) is 10.6 Å². The molecule has 0 aliphatic carbocycles. The van der Waals surface area contributed by atoms with Gasteiger partial charge in [0.15, 0.2) is 0 Å². The monoisotopic (exact) mass is 646 g/mol. The van der Waals surface area contributed by atoms with Crippen LogP contribution in [0.2, 0.25) is 0 Å². The van der Waals surface area contributed by atoms with E-state index in [1.807, 2.05) is 31.1 Å². The Morgan fingerprint density at radius 2 is 1.69 bits per heavy atom. The molecule has 3 aromatic carbocycles. The molecule has 1 fully saturated rings. The molecule has 1 aliphatic heterocycles. The van der Waals surface area contributed by atoms with E-state index in [1.165, 1.54) is 0 Å². The maximum Gasteiger partial charge on any atom is 0.416 e. The molecule has 0 spiro atoms. The Bertz CT molecular complexity index is 1590. The standard InChI is InChI=1S/C32H37F3N4O5S/c1-21(40)23-12-10-22(11-13-23)19-28(30(41)36-25-14-16-26(17-15-25)38(2)3)37-31(42)29-9-4-5-18-39(29)45(43,44)27-8-6-7-24(20-27)32(33,34)35/h6-8,10-17,20-21,28-29,40H,4-5,9,18-19H2,1-3H3,(H,36,41)(H,37,42)/t21?,28-,29?/m0/s1. The van der Waals surface area contributed by atoms with Gasteiger partial charge < -0.3 is 20.6 Å². The lowest BCUT2D eigenvalue weighted by Gasteiger charge is -2.34. The zero-order valence-corrected chi connectivity index (χ0v) is 26.0. The van der Waals surface area contributed by atoms with Gasteiger partial charge in [0, 0.05) is 38.4 Å². The van der Waals surface area contributed by atoms with E-state index in [4.69, 9.17) is 0 Å². The highest BCUT2D eigenvalue weighted by Gasteiger charge is 2.40. The molecule has 45 heavy (non-hydrogen) atoms. The number of carbonyl (C=O) groups is 2. The van der Waals surface area contributed by atoms with Gasteiger partial charge in [-0.3, -0.25) is 9.59 Å². The number of carbonyl (C=O) groups excluding carboxylic acids is 2. The Morgan fingerprint density at radius 1 is 1.02 bits per heavy atom. The van der Waals surface area contributed by atoms with Gasteiger partial charge in [-0.1, -0.05) is 36.8 Å². The topological polar surface area (TPSA) is 119 Å². The van der Waals surface area contributed by atoms with E-state index < -0.39 is 56.7 Å². The number of hydrogen-bond acceptors (Lipinski definition) is 6. The summed E-state index contributed by atoms with van der Waals surface area (Å²) in [6, 6.07) is 15.0. The van der Waals surface area contributed by atoms with Gasteiger partial charge in [0.2, 0.25) is 21.8 Å². The van der Waals surface area contributed by atoms with Gasteiger partial charge in [-0.2, -0.15) is 17.5 Å². The Hall–Kier alpha value is -3.94. The number of benzene rings is 3. The van der Waals surface area contributed by atoms with Crippen LogP contribution in [0.4, 0.5) is 24.5 Å². The maximum atomic E-state index is 13.7. The second-order valence-electron chi connectivity index (χ2n) is 11.3.